The molecule has 0 radical (unpaired) electrons. The topological polar surface area (TPSA) is 156 Å². The third-order valence-corrected chi connectivity index (χ3v) is 0.611. The van der Waals surface area contributed by atoms with Crippen molar-refractivity contribution in [2.24, 2.45) is 0 Å². The molecule has 8 nitrogen and oxygen atoms in total. The summed E-state index contributed by atoms with van der Waals surface area (Å²) in [6, 6.07) is 0. The Bertz CT molecular complexity index is 93.4. The molecule has 0 fully saturated rings. The summed E-state index contributed by atoms with van der Waals surface area (Å²) >= 11 is -1.58. The predicted octanol–water partition coefficient (Wildman–Crippen LogP) is 0.198. The molecular weight excluding hydrogens is 262 g/mol. The van der Waals surface area contributed by atoms with Crippen LogP contribution in [0.1, 0.15) is 0 Å². The van der Waals surface area contributed by atoms with Crippen molar-refractivity contribution in [3.63, 3.8) is 0 Å². The predicted molar refractivity (Wildman–Crippen MR) is 31.3 cm³/mol. The average Bonchev–Trinajstić information content (AvgIpc) is 1.27. The molecule has 0 spiro atoms. The Morgan fingerprint density at radius 2 is 1.20 bits per heavy atom. The second-order valence-corrected chi connectivity index (χ2v) is 1.89. The minimum absolute atomic E-state index is 0. The van der Waals surface area contributed by atoms with E-state index in [1.165, 1.54) is 0 Å². The van der Waals surface area contributed by atoms with Crippen LogP contribution in [0.4, 0.5) is 0 Å². The van der Waals surface area contributed by atoms with Gasteiger partial charge in [0.2, 0.25) is 0 Å². The maximum absolute atomic E-state index is 9.20. The molecule has 0 aromatic carbocycles. The fourth-order valence-corrected chi connectivity index (χ4v) is 0.249. The van der Waals surface area contributed by atoms with Gasteiger partial charge < -0.3 is 12.3 Å². The fraction of sp³-hybridized carbons (Fsp3) is 0. The zero-order valence-electron chi connectivity index (χ0n) is 4.67. The first-order chi connectivity index (χ1) is 3.13. The SMILES string of the molecule is Cl.N.N.O=[N+]([O-])[Pd][N+](=O)[O-]. The Morgan fingerprint density at radius 1 is 1.00 bits per heavy atom. The van der Waals surface area contributed by atoms with Crippen LogP contribution >= 0.6 is 12.4 Å². The van der Waals surface area contributed by atoms with Gasteiger partial charge in [0.15, 0.2) is 0 Å². The summed E-state index contributed by atoms with van der Waals surface area (Å²) in [5.41, 5.74) is 0. The van der Waals surface area contributed by atoms with Gasteiger partial charge in [-0.3, -0.25) is 0 Å². The molecule has 0 heterocycles. The summed E-state index contributed by atoms with van der Waals surface area (Å²) in [5.74, 6) is 0. The van der Waals surface area contributed by atoms with E-state index >= 15 is 0 Å². The summed E-state index contributed by atoms with van der Waals surface area (Å²) in [4.78, 5) is 18.4. The molecule has 0 aliphatic rings. The number of halogens is 1. The molecule has 0 aliphatic carbocycles. The zero-order chi connectivity index (χ0) is 5.86. The van der Waals surface area contributed by atoms with Crippen molar-refractivity contribution < 1.29 is 25.6 Å². The number of nitrogens with zero attached hydrogens (tertiary/aromatic N) is 2. The first-order valence-corrected chi connectivity index (χ1v) is 2.40. The van der Waals surface area contributed by atoms with Crippen molar-refractivity contribution >= 4 is 12.4 Å². The van der Waals surface area contributed by atoms with Crippen molar-refractivity contribution in [1.29, 1.82) is 0 Å². The van der Waals surface area contributed by atoms with E-state index in [-0.39, 0.29) is 24.7 Å². The van der Waals surface area contributed by atoms with E-state index < -0.39 is 25.6 Å². The fourth-order valence-electron chi connectivity index (χ4n) is 0.0422. The van der Waals surface area contributed by atoms with Crippen molar-refractivity contribution in [3.8, 4) is 0 Å². The van der Waals surface area contributed by atoms with Crippen LogP contribution < -0.4 is 12.3 Å². The average molecular weight is 269 g/mol. The molecule has 6 N–H and O–H groups in total. The van der Waals surface area contributed by atoms with Gasteiger partial charge in [0.05, 0.1) is 0 Å². The molecule has 0 saturated heterocycles. The summed E-state index contributed by atoms with van der Waals surface area (Å²) in [6.07, 6.45) is 0. The summed E-state index contributed by atoms with van der Waals surface area (Å²) in [6.45, 7) is 0. The van der Waals surface area contributed by atoms with E-state index in [1.807, 2.05) is 0 Å². The van der Waals surface area contributed by atoms with E-state index in [0.29, 0.717) is 0 Å². The minimum atomic E-state index is -1.58. The first kappa shape index (κ1) is 22.6. The van der Waals surface area contributed by atoms with Crippen molar-refractivity contribution in [2.75, 3.05) is 0 Å². The van der Waals surface area contributed by atoms with Crippen LogP contribution in [0.3, 0.4) is 0 Å². The number of hydrogen-bond donors (Lipinski definition) is 2. The van der Waals surface area contributed by atoms with Crippen LogP contribution in [0.15, 0.2) is 0 Å². The van der Waals surface area contributed by atoms with E-state index in [9.17, 15) is 20.2 Å². The van der Waals surface area contributed by atoms with E-state index in [0.717, 1.165) is 0 Å². The second-order valence-electron chi connectivity index (χ2n) is 0.443. The normalized spacial score (nSPS) is 6.00. The third-order valence-electron chi connectivity index (χ3n) is 0.103. The molecule has 0 amide bonds. The maximum atomic E-state index is 9.20. The van der Waals surface area contributed by atoms with Gasteiger partial charge in [-0.15, -0.1) is 12.4 Å². The molecule has 10 heteroatoms. The molecular formula is H7ClN4O4Pd. The van der Waals surface area contributed by atoms with Gasteiger partial charge >= 0.3 is 45.8 Å². The van der Waals surface area contributed by atoms with Crippen LogP contribution in [0.2, 0.25) is 0 Å². The van der Waals surface area contributed by atoms with Crippen LogP contribution in [0.5, 0.6) is 0 Å². The third kappa shape index (κ3) is 25.3. The standard InChI is InChI=1S/ClH.2NO2.2H3N.Pd/c;2*2-1-3;;;/h1H;;;2*1H3;. The summed E-state index contributed by atoms with van der Waals surface area (Å²) < 4.78 is -1.90. The van der Waals surface area contributed by atoms with Gasteiger partial charge in [-0.2, -0.15) is 0 Å². The molecule has 0 rings (SSSR count). The van der Waals surface area contributed by atoms with E-state index in [1.54, 1.807) is 0 Å². The molecule has 10 heavy (non-hydrogen) atoms. The van der Waals surface area contributed by atoms with Crippen LogP contribution in [-0.2, 0) is 18.5 Å². The Labute approximate surface area is 71.0 Å². The molecule has 0 aliphatic heterocycles. The zero-order valence-corrected chi connectivity index (χ0v) is 7.04. The van der Waals surface area contributed by atoms with E-state index in [2.05, 4.69) is 0 Å². The summed E-state index contributed by atoms with van der Waals surface area (Å²) in [7, 11) is 0. The summed E-state index contributed by atoms with van der Waals surface area (Å²) in [5, 5.41) is 18.4. The van der Waals surface area contributed by atoms with Crippen molar-refractivity contribution in [2.45, 2.75) is 0 Å². The number of nitro groups is 2. The molecule has 0 aromatic rings. The molecule has 68 valence electrons. The molecule has 0 saturated carbocycles. The van der Waals surface area contributed by atoms with Crippen LogP contribution in [0, 0.1) is 20.2 Å². The van der Waals surface area contributed by atoms with Gasteiger partial charge in [-0.05, 0) is 0 Å². The first-order valence-electron chi connectivity index (χ1n) is 1.01. The Morgan fingerprint density at radius 3 is 1.20 bits per heavy atom. The molecule has 0 atom stereocenters. The molecule has 0 bridgehead atoms. The quantitative estimate of drug-likeness (QED) is 0.414. The van der Waals surface area contributed by atoms with Crippen LogP contribution in [-0.4, -0.2) is 7.11 Å². The Kier molecular flexibility index (Phi) is 25.9. The Hall–Kier alpha value is -0.328. The monoisotopic (exact) mass is 268 g/mol. The van der Waals surface area contributed by atoms with Gasteiger partial charge in [0.1, 0.15) is 0 Å². The van der Waals surface area contributed by atoms with Gasteiger partial charge in [-0.25, -0.2) is 0 Å². The number of rotatable bonds is 2. The van der Waals surface area contributed by atoms with Crippen molar-refractivity contribution in [3.05, 3.63) is 20.2 Å². The van der Waals surface area contributed by atoms with Gasteiger partial charge in [0, 0.05) is 0 Å². The van der Waals surface area contributed by atoms with Gasteiger partial charge in [-0.1, -0.05) is 0 Å². The Balaban J connectivity index is -0.0000000600. The molecule has 0 aromatic heterocycles. The molecule has 0 unspecified atom stereocenters. The van der Waals surface area contributed by atoms with E-state index in [4.69, 9.17) is 0 Å². The second kappa shape index (κ2) is 11.5. The van der Waals surface area contributed by atoms with Gasteiger partial charge in [0.25, 0.3) is 0 Å². The van der Waals surface area contributed by atoms with Crippen LogP contribution in [0.25, 0.3) is 0 Å². The van der Waals surface area contributed by atoms with Crippen molar-refractivity contribution in [1.82, 2.24) is 12.3 Å². The number of hydrogen-bond acceptors (Lipinski definition) is 6.